The lowest BCUT2D eigenvalue weighted by Crippen LogP contribution is -2.27. The van der Waals surface area contributed by atoms with E-state index >= 15 is 0 Å². The summed E-state index contributed by atoms with van der Waals surface area (Å²) in [5.41, 5.74) is 2.20. The molecule has 2 rings (SSSR count). The summed E-state index contributed by atoms with van der Waals surface area (Å²) in [5, 5.41) is 6.88. The predicted molar refractivity (Wildman–Crippen MR) is 79.5 cm³/mol. The SMILES string of the molecule is CCc1noc(C)c1C(=O)NC(C)c1cccc(OC)c1. The van der Waals surface area contributed by atoms with Crippen LogP contribution in [0, 0.1) is 6.92 Å². The maximum absolute atomic E-state index is 12.4. The molecular weight excluding hydrogens is 268 g/mol. The van der Waals surface area contributed by atoms with Crippen LogP contribution in [0.3, 0.4) is 0 Å². The van der Waals surface area contributed by atoms with E-state index in [9.17, 15) is 4.79 Å². The number of amides is 1. The molecule has 5 heteroatoms. The Morgan fingerprint density at radius 3 is 2.90 bits per heavy atom. The summed E-state index contributed by atoms with van der Waals surface area (Å²) in [5.74, 6) is 1.15. The van der Waals surface area contributed by atoms with Gasteiger partial charge in [-0.15, -0.1) is 0 Å². The maximum atomic E-state index is 12.4. The predicted octanol–water partition coefficient (Wildman–Crippen LogP) is 3.05. The van der Waals surface area contributed by atoms with Gasteiger partial charge in [0.2, 0.25) is 0 Å². The van der Waals surface area contributed by atoms with Crippen LogP contribution in [-0.2, 0) is 6.42 Å². The molecule has 1 atom stereocenters. The first-order valence-corrected chi connectivity index (χ1v) is 6.96. The molecule has 1 aromatic carbocycles. The van der Waals surface area contributed by atoms with Gasteiger partial charge in [-0.1, -0.05) is 24.2 Å². The maximum Gasteiger partial charge on any atom is 0.257 e. The van der Waals surface area contributed by atoms with Crippen molar-refractivity contribution in [3.05, 3.63) is 46.8 Å². The number of rotatable bonds is 5. The van der Waals surface area contributed by atoms with Gasteiger partial charge in [-0.25, -0.2) is 0 Å². The first kappa shape index (κ1) is 15.1. The minimum atomic E-state index is -0.166. The molecule has 0 aliphatic heterocycles. The molecular formula is C16H20N2O3. The van der Waals surface area contributed by atoms with Crippen molar-refractivity contribution >= 4 is 5.91 Å². The molecule has 0 radical (unpaired) electrons. The van der Waals surface area contributed by atoms with E-state index in [-0.39, 0.29) is 11.9 Å². The molecule has 1 amide bonds. The fraction of sp³-hybridized carbons (Fsp3) is 0.375. The van der Waals surface area contributed by atoms with Crippen LogP contribution < -0.4 is 10.1 Å². The number of aryl methyl sites for hydroxylation is 2. The van der Waals surface area contributed by atoms with Crippen LogP contribution in [0.2, 0.25) is 0 Å². The molecule has 0 saturated carbocycles. The molecule has 1 aromatic heterocycles. The third-order valence-electron chi connectivity index (χ3n) is 3.44. The lowest BCUT2D eigenvalue weighted by molar-refractivity contribution is 0.0937. The third-order valence-corrected chi connectivity index (χ3v) is 3.44. The molecule has 1 N–H and O–H groups in total. The third kappa shape index (κ3) is 3.24. The number of carbonyl (C=O) groups excluding carboxylic acids is 1. The smallest absolute Gasteiger partial charge is 0.257 e. The highest BCUT2D eigenvalue weighted by Crippen LogP contribution is 2.20. The second-order valence-corrected chi connectivity index (χ2v) is 4.89. The Hall–Kier alpha value is -2.30. The van der Waals surface area contributed by atoms with Gasteiger partial charge in [0, 0.05) is 0 Å². The van der Waals surface area contributed by atoms with E-state index < -0.39 is 0 Å². The number of benzene rings is 1. The van der Waals surface area contributed by atoms with Crippen molar-refractivity contribution in [3.8, 4) is 5.75 Å². The van der Waals surface area contributed by atoms with Gasteiger partial charge in [0.25, 0.3) is 5.91 Å². The second-order valence-electron chi connectivity index (χ2n) is 4.89. The zero-order valence-electron chi connectivity index (χ0n) is 12.8. The first-order valence-electron chi connectivity index (χ1n) is 6.96. The molecule has 0 aliphatic rings. The van der Waals surface area contributed by atoms with E-state index in [1.54, 1.807) is 14.0 Å². The summed E-state index contributed by atoms with van der Waals surface area (Å²) in [4.78, 5) is 12.4. The second kappa shape index (κ2) is 6.43. The topological polar surface area (TPSA) is 64.4 Å². The normalized spacial score (nSPS) is 12.0. The minimum Gasteiger partial charge on any atom is -0.497 e. The first-order chi connectivity index (χ1) is 10.1. The van der Waals surface area contributed by atoms with Gasteiger partial charge in [0.1, 0.15) is 17.1 Å². The zero-order valence-corrected chi connectivity index (χ0v) is 12.8. The number of ether oxygens (including phenoxy) is 1. The Morgan fingerprint density at radius 1 is 1.48 bits per heavy atom. The number of nitrogens with zero attached hydrogens (tertiary/aromatic N) is 1. The van der Waals surface area contributed by atoms with Gasteiger partial charge < -0.3 is 14.6 Å². The van der Waals surface area contributed by atoms with Gasteiger partial charge in [-0.3, -0.25) is 4.79 Å². The number of hydrogen-bond acceptors (Lipinski definition) is 4. The van der Waals surface area contributed by atoms with Crippen molar-refractivity contribution < 1.29 is 14.1 Å². The molecule has 1 heterocycles. The van der Waals surface area contributed by atoms with Crippen LogP contribution in [0.25, 0.3) is 0 Å². The molecule has 5 nitrogen and oxygen atoms in total. The quantitative estimate of drug-likeness (QED) is 0.918. The summed E-state index contributed by atoms with van der Waals surface area (Å²) in [6.07, 6.45) is 0.660. The zero-order chi connectivity index (χ0) is 15.4. The van der Waals surface area contributed by atoms with Crippen LogP contribution >= 0.6 is 0 Å². The lowest BCUT2D eigenvalue weighted by atomic mass is 10.1. The van der Waals surface area contributed by atoms with E-state index in [1.807, 2.05) is 38.1 Å². The van der Waals surface area contributed by atoms with Crippen LogP contribution in [0.1, 0.15) is 47.3 Å². The highest BCUT2D eigenvalue weighted by atomic mass is 16.5. The summed E-state index contributed by atoms with van der Waals surface area (Å²) in [6.45, 7) is 5.62. The highest BCUT2D eigenvalue weighted by Gasteiger charge is 2.21. The molecule has 1 unspecified atom stereocenters. The Kier molecular flexibility index (Phi) is 4.62. The van der Waals surface area contributed by atoms with Gasteiger partial charge >= 0.3 is 0 Å². The number of nitrogens with one attached hydrogen (secondary N) is 1. The molecule has 0 aliphatic carbocycles. The van der Waals surface area contributed by atoms with Crippen LogP contribution in [0.5, 0.6) is 5.75 Å². The van der Waals surface area contributed by atoms with Crippen molar-refractivity contribution in [1.82, 2.24) is 10.5 Å². The fourth-order valence-corrected chi connectivity index (χ4v) is 2.21. The summed E-state index contributed by atoms with van der Waals surface area (Å²) < 4.78 is 10.3. The summed E-state index contributed by atoms with van der Waals surface area (Å²) >= 11 is 0. The van der Waals surface area contributed by atoms with Crippen molar-refractivity contribution in [2.75, 3.05) is 7.11 Å². The largest absolute Gasteiger partial charge is 0.497 e. The van der Waals surface area contributed by atoms with Crippen LogP contribution in [-0.4, -0.2) is 18.2 Å². The number of methoxy groups -OCH3 is 1. The Balaban J connectivity index is 2.16. The monoisotopic (exact) mass is 288 g/mol. The van der Waals surface area contributed by atoms with E-state index in [0.717, 1.165) is 11.3 Å². The summed E-state index contributed by atoms with van der Waals surface area (Å²) in [7, 11) is 1.62. The van der Waals surface area contributed by atoms with Crippen LogP contribution in [0.4, 0.5) is 0 Å². The number of aromatic nitrogens is 1. The summed E-state index contributed by atoms with van der Waals surface area (Å²) in [6, 6.07) is 7.50. The number of hydrogen-bond donors (Lipinski definition) is 1. The molecule has 112 valence electrons. The van der Waals surface area contributed by atoms with E-state index in [0.29, 0.717) is 23.4 Å². The van der Waals surface area contributed by atoms with E-state index in [1.165, 1.54) is 0 Å². The van der Waals surface area contributed by atoms with Gasteiger partial charge in [-0.2, -0.15) is 0 Å². The Labute approximate surface area is 124 Å². The molecule has 0 spiro atoms. The Morgan fingerprint density at radius 2 is 2.24 bits per heavy atom. The van der Waals surface area contributed by atoms with Crippen molar-refractivity contribution in [1.29, 1.82) is 0 Å². The molecule has 0 saturated heterocycles. The molecule has 0 bridgehead atoms. The van der Waals surface area contributed by atoms with Gasteiger partial charge in [0.15, 0.2) is 0 Å². The molecule has 2 aromatic rings. The highest BCUT2D eigenvalue weighted by molar-refractivity contribution is 5.96. The average molecular weight is 288 g/mol. The molecule has 0 fully saturated rings. The van der Waals surface area contributed by atoms with Crippen LogP contribution in [0.15, 0.2) is 28.8 Å². The van der Waals surface area contributed by atoms with Gasteiger partial charge in [-0.05, 0) is 38.0 Å². The van der Waals surface area contributed by atoms with Crippen molar-refractivity contribution in [2.24, 2.45) is 0 Å². The number of carbonyl (C=O) groups is 1. The van der Waals surface area contributed by atoms with Crippen molar-refractivity contribution in [2.45, 2.75) is 33.2 Å². The van der Waals surface area contributed by atoms with E-state index in [2.05, 4.69) is 10.5 Å². The lowest BCUT2D eigenvalue weighted by Gasteiger charge is -2.15. The Bertz CT molecular complexity index is 634. The minimum absolute atomic E-state index is 0.133. The average Bonchev–Trinajstić information content (AvgIpc) is 2.88. The molecule has 21 heavy (non-hydrogen) atoms. The van der Waals surface area contributed by atoms with Crippen molar-refractivity contribution in [3.63, 3.8) is 0 Å². The standard InChI is InChI=1S/C16H20N2O3/c1-5-14-15(11(3)21-18-14)16(19)17-10(2)12-7-6-8-13(9-12)20-4/h6-10H,5H2,1-4H3,(H,17,19). The van der Waals surface area contributed by atoms with E-state index in [4.69, 9.17) is 9.26 Å². The fourth-order valence-electron chi connectivity index (χ4n) is 2.21. The van der Waals surface area contributed by atoms with Gasteiger partial charge in [0.05, 0.1) is 18.8 Å².